The second-order valence-electron chi connectivity index (χ2n) is 2.77. The zero-order valence-electron chi connectivity index (χ0n) is 7.34. The van der Waals surface area contributed by atoms with Crippen molar-refractivity contribution >= 4 is 13.7 Å². The van der Waals surface area contributed by atoms with Gasteiger partial charge in [0.05, 0.1) is 6.16 Å². The van der Waals surface area contributed by atoms with Crippen molar-refractivity contribution in [3.05, 3.63) is 30.3 Å². The Labute approximate surface area is 77.2 Å². The van der Waals surface area contributed by atoms with E-state index >= 15 is 0 Å². The maximum atomic E-state index is 11.5. The van der Waals surface area contributed by atoms with E-state index in [1.165, 1.54) is 6.66 Å². The van der Waals surface area contributed by atoms with Gasteiger partial charge in [-0.15, -0.1) is 0 Å². The topological polar surface area (TPSA) is 43.4 Å². The van der Waals surface area contributed by atoms with Crippen LogP contribution in [0.5, 0.6) is 5.75 Å². The van der Waals surface area contributed by atoms with Gasteiger partial charge in [-0.1, -0.05) is 18.2 Å². The lowest BCUT2D eigenvalue weighted by atomic mass is 10.3. The Bertz CT molecular complexity index is 321. The first-order valence-corrected chi connectivity index (χ1v) is 6.14. The highest BCUT2D eigenvalue weighted by molar-refractivity contribution is 7.59. The predicted molar refractivity (Wildman–Crippen MR) is 51.5 cm³/mol. The smallest absolute Gasteiger partial charge is 0.251 e. The molecule has 1 rings (SSSR count). The Hall–Kier alpha value is -1.08. The summed E-state index contributed by atoms with van der Waals surface area (Å²) in [6, 6.07) is 8.83. The van der Waals surface area contributed by atoms with E-state index in [9.17, 15) is 9.36 Å². The maximum Gasteiger partial charge on any atom is 0.251 e. The molecule has 1 aromatic carbocycles. The van der Waals surface area contributed by atoms with Gasteiger partial charge in [0.2, 0.25) is 0 Å². The summed E-state index contributed by atoms with van der Waals surface area (Å²) in [7, 11) is -2.78. The van der Waals surface area contributed by atoms with Crippen molar-refractivity contribution in [1.82, 2.24) is 0 Å². The molecule has 0 spiro atoms. The molecule has 1 atom stereocenters. The fraction of sp³-hybridized carbons (Fsp3) is 0.222. The molecule has 13 heavy (non-hydrogen) atoms. The molecular weight excluding hydrogens is 187 g/mol. The summed E-state index contributed by atoms with van der Waals surface area (Å²) in [6.07, 6.45) is 0.575. The van der Waals surface area contributed by atoms with Crippen LogP contribution in [0.3, 0.4) is 0 Å². The minimum Gasteiger partial charge on any atom is -0.443 e. The molecule has 0 fully saturated rings. The van der Waals surface area contributed by atoms with Gasteiger partial charge in [-0.25, -0.2) is 0 Å². The first kappa shape index (κ1) is 10.0. The molecule has 0 N–H and O–H groups in total. The van der Waals surface area contributed by atoms with Crippen molar-refractivity contribution in [2.45, 2.75) is 0 Å². The molecule has 1 unspecified atom stereocenters. The first-order valence-electron chi connectivity index (χ1n) is 3.89. The quantitative estimate of drug-likeness (QED) is 0.550. The monoisotopic (exact) mass is 198 g/mol. The zero-order valence-corrected chi connectivity index (χ0v) is 8.24. The average molecular weight is 198 g/mol. The molecule has 0 saturated heterocycles. The van der Waals surface area contributed by atoms with Gasteiger partial charge in [0.1, 0.15) is 12.0 Å². The highest BCUT2D eigenvalue weighted by Crippen LogP contribution is 2.41. The van der Waals surface area contributed by atoms with Crippen LogP contribution < -0.4 is 4.52 Å². The lowest BCUT2D eigenvalue weighted by Gasteiger charge is -2.11. The summed E-state index contributed by atoms with van der Waals surface area (Å²) in [5, 5.41) is 0. The Morgan fingerprint density at radius 3 is 2.54 bits per heavy atom. The van der Waals surface area contributed by atoms with Gasteiger partial charge in [0.25, 0.3) is 7.37 Å². The number of benzene rings is 1. The summed E-state index contributed by atoms with van der Waals surface area (Å²) >= 11 is 0. The molecule has 0 aliphatic carbocycles. The Kier molecular flexibility index (Phi) is 3.26. The fourth-order valence-electron chi connectivity index (χ4n) is 0.877. The molecule has 0 aliphatic rings. The molecular formula is C9H11O3P. The first-order chi connectivity index (χ1) is 6.14. The van der Waals surface area contributed by atoms with E-state index in [2.05, 4.69) is 0 Å². The third-order valence-corrected chi connectivity index (χ3v) is 2.86. The van der Waals surface area contributed by atoms with Gasteiger partial charge in [-0.3, -0.25) is 4.57 Å². The van der Waals surface area contributed by atoms with Crippen molar-refractivity contribution in [1.29, 1.82) is 0 Å². The fourth-order valence-corrected chi connectivity index (χ4v) is 1.79. The number of hydrogen-bond acceptors (Lipinski definition) is 3. The van der Waals surface area contributed by atoms with E-state index in [0.717, 1.165) is 0 Å². The molecule has 0 heterocycles. The highest BCUT2D eigenvalue weighted by Gasteiger charge is 2.15. The van der Waals surface area contributed by atoms with E-state index in [0.29, 0.717) is 12.0 Å². The van der Waals surface area contributed by atoms with Crippen LogP contribution in [0.25, 0.3) is 0 Å². The Morgan fingerprint density at radius 2 is 2.00 bits per heavy atom. The summed E-state index contributed by atoms with van der Waals surface area (Å²) in [5.41, 5.74) is 0. The molecule has 1 aromatic rings. The van der Waals surface area contributed by atoms with Crippen LogP contribution in [0.1, 0.15) is 0 Å². The largest absolute Gasteiger partial charge is 0.443 e. The van der Waals surface area contributed by atoms with Crippen LogP contribution in [-0.4, -0.2) is 19.1 Å². The molecule has 70 valence electrons. The Balaban J connectivity index is 2.69. The van der Waals surface area contributed by atoms with Crippen LogP contribution in [-0.2, 0) is 9.36 Å². The molecule has 0 amide bonds. The number of hydrogen-bond donors (Lipinski definition) is 0. The van der Waals surface area contributed by atoms with Crippen molar-refractivity contribution in [2.75, 3.05) is 12.8 Å². The Morgan fingerprint density at radius 1 is 1.38 bits per heavy atom. The van der Waals surface area contributed by atoms with Crippen LogP contribution in [0, 0.1) is 0 Å². The minimum atomic E-state index is -2.78. The van der Waals surface area contributed by atoms with Gasteiger partial charge in [0.15, 0.2) is 0 Å². The molecule has 0 aromatic heterocycles. The predicted octanol–water partition coefficient (Wildman–Crippen LogP) is 2.17. The lowest BCUT2D eigenvalue weighted by molar-refractivity contribution is -0.105. The second-order valence-corrected chi connectivity index (χ2v) is 5.34. The van der Waals surface area contributed by atoms with E-state index in [1.807, 2.05) is 6.07 Å². The van der Waals surface area contributed by atoms with Crippen LogP contribution in [0.2, 0.25) is 0 Å². The van der Waals surface area contributed by atoms with E-state index in [-0.39, 0.29) is 6.16 Å². The standard InChI is InChI=1S/C9H11O3P/c1-13(11,8-7-10)12-9-5-3-2-4-6-9/h2-7H,8H2,1H3. The van der Waals surface area contributed by atoms with Crippen LogP contribution >= 0.6 is 7.37 Å². The molecule has 0 aliphatic heterocycles. The molecule has 0 radical (unpaired) electrons. The van der Waals surface area contributed by atoms with Crippen molar-refractivity contribution < 1.29 is 13.9 Å². The second kappa shape index (κ2) is 4.24. The minimum absolute atomic E-state index is 0.0398. The normalized spacial score (nSPS) is 14.5. The molecule has 0 saturated carbocycles. The summed E-state index contributed by atoms with van der Waals surface area (Å²) < 4.78 is 16.7. The van der Waals surface area contributed by atoms with Crippen LogP contribution in [0.4, 0.5) is 0 Å². The SMILES string of the molecule is CP(=O)(CC=O)Oc1ccccc1. The van der Waals surface area contributed by atoms with E-state index in [4.69, 9.17) is 4.52 Å². The highest BCUT2D eigenvalue weighted by atomic mass is 31.2. The summed E-state index contributed by atoms with van der Waals surface area (Å²) in [5.74, 6) is 0.537. The van der Waals surface area contributed by atoms with Gasteiger partial charge in [0, 0.05) is 6.66 Å². The third-order valence-electron chi connectivity index (χ3n) is 1.45. The van der Waals surface area contributed by atoms with Gasteiger partial charge in [-0.05, 0) is 12.1 Å². The number of carbonyl (C=O) groups excluding carboxylic acids is 1. The lowest BCUT2D eigenvalue weighted by Crippen LogP contribution is -1.96. The molecule has 4 heteroatoms. The van der Waals surface area contributed by atoms with Crippen molar-refractivity contribution in [3.63, 3.8) is 0 Å². The van der Waals surface area contributed by atoms with Crippen LogP contribution in [0.15, 0.2) is 30.3 Å². The third kappa shape index (κ3) is 3.43. The number of rotatable bonds is 4. The number of carbonyl (C=O) groups is 1. The van der Waals surface area contributed by atoms with Gasteiger partial charge in [-0.2, -0.15) is 0 Å². The maximum absolute atomic E-state index is 11.5. The molecule has 3 nitrogen and oxygen atoms in total. The van der Waals surface area contributed by atoms with E-state index in [1.54, 1.807) is 24.3 Å². The molecule has 0 bridgehead atoms. The summed E-state index contributed by atoms with van der Waals surface area (Å²) in [6.45, 7) is 1.45. The zero-order chi connectivity index (χ0) is 9.73. The van der Waals surface area contributed by atoms with E-state index < -0.39 is 7.37 Å². The average Bonchev–Trinajstić information content (AvgIpc) is 2.04. The van der Waals surface area contributed by atoms with Gasteiger partial charge >= 0.3 is 0 Å². The van der Waals surface area contributed by atoms with Crippen molar-refractivity contribution in [2.24, 2.45) is 0 Å². The number of aldehydes is 1. The van der Waals surface area contributed by atoms with Gasteiger partial charge < -0.3 is 9.32 Å². The number of para-hydroxylation sites is 1. The van der Waals surface area contributed by atoms with Crippen molar-refractivity contribution in [3.8, 4) is 5.75 Å². The summed E-state index contributed by atoms with van der Waals surface area (Å²) in [4.78, 5) is 10.2.